The van der Waals surface area contributed by atoms with Crippen molar-refractivity contribution in [3.63, 3.8) is 0 Å². The number of nitrogens with zero attached hydrogens (tertiary/aromatic N) is 2. The van der Waals surface area contributed by atoms with E-state index in [0.717, 1.165) is 34.4 Å². The summed E-state index contributed by atoms with van der Waals surface area (Å²) in [6.07, 6.45) is 1.41. The molecule has 2 aromatic carbocycles. The second-order valence-corrected chi connectivity index (χ2v) is 7.07. The molecular formula is C21H23ClN4O3. The second kappa shape index (κ2) is 8.53. The van der Waals surface area contributed by atoms with Gasteiger partial charge in [-0.05, 0) is 47.7 Å². The number of carbonyl (C=O) groups excluding carboxylic acids is 1. The minimum Gasteiger partial charge on any atom is -0.481 e. The topological polar surface area (TPSA) is 108 Å². The van der Waals surface area contributed by atoms with Crippen LogP contribution in [0.25, 0.3) is 0 Å². The van der Waals surface area contributed by atoms with Gasteiger partial charge in [0.25, 0.3) is 0 Å². The Balaban J connectivity index is 0.00000240. The Kier molecular flexibility index (Phi) is 6.08. The number of fused-ring (bicyclic) bond motifs is 1. The first-order valence-corrected chi connectivity index (χ1v) is 9.34. The molecule has 4 N–H and O–H groups in total. The highest BCUT2D eigenvalue weighted by Crippen LogP contribution is 2.32. The quantitative estimate of drug-likeness (QED) is 0.698. The van der Waals surface area contributed by atoms with Crippen molar-refractivity contribution >= 4 is 35.9 Å². The zero-order valence-corrected chi connectivity index (χ0v) is 16.6. The van der Waals surface area contributed by atoms with Crippen LogP contribution in [-0.4, -0.2) is 36.0 Å². The van der Waals surface area contributed by atoms with Gasteiger partial charge in [-0.2, -0.15) is 0 Å². The summed E-state index contributed by atoms with van der Waals surface area (Å²) >= 11 is 0. The van der Waals surface area contributed by atoms with Crippen LogP contribution in [-0.2, 0) is 17.6 Å². The maximum Gasteiger partial charge on any atom is 0.322 e. The minimum atomic E-state index is -0.807. The number of urea groups is 1. The molecule has 2 aliphatic rings. The predicted octanol–water partition coefficient (Wildman–Crippen LogP) is 2.66. The molecular weight excluding hydrogens is 392 g/mol. The number of anilines is 1. The third-order valence-corrected chi connectivity index (χ3v) is 5.28. The van der Waals surface area contributed by atoms with Crippen molar-refractivity contribution < 1.29 is 14.7 Å². The van der Waals surface area contributed by atoms with Gasteiger partial charge in [-0.1, -0.05) is 24.3 Å². The first-order chi connectivity index (χ1) is 13.5. The molecule has 8 heteroatoms. The van der Waals surface area contributed by atoms with Gasteiger partial charge in [0.1, 0.15) is 5.84 Å². The van der Waals surface area contributed by atoms with E-state index < -0.39 is 5.97 Å². The molecule has 0 radical (unpaired) electrons. The molecule has 0 bridgehead atoms. The number of aryl methyl sites for hydroxylation is 1. The second-order valence-electron chi connectivity index (χ2n) is 7.07. The number of aliphatic carboxylic acids is 1. The van der Waals surface area contributed by atoms with E-state index in [2.05, 4.69) is 10.3 Å². The molecule has 2 amide bonds. The van der Waals surface area contributed by atoms with Crippen molar-refractivity contribution in [3.05, 3.63) is 64.7 Å². The number of hydrogen-bond acceptors (Lipinski definition) is 4. The highest BCUT2D eigenvalue weighted by Gasteiger charge is 2.33. The molecule has 0 aromatic heterocycles. The molecule has 7 nitrogen and oxygen atoms in total. The Morgan fingerprint density at radius 2 is 2.00 bits per heavy atom. The number of nitrogens with two attached hydrogens (primary N) is 1. The lowest BCUT2D eigenvalue weighted by atomic mass is 9.98. The van der Waals surface area contributed by atoms with Crippen LogP contribution in [0, 0.1) is 0 Å². The third kappa shape index (κ3) is 4.19. The van der Waals surface area contributed by atoms with Crippen LogP contribution < -0.4 is 16.0 Å². The summed E-state index contributed by atoms with van der Waals surface area (Å²) in [5.41, 5.74) is 10.8. The van der Waals surface area contributed by atoms with Gasteiger partial charge in [-0.25, -0.2) is 4.79 Å². The Morgan fingerprint density at radius 3 is 2.72 bits per heavy atom. The summed E-state index contributed by atoms with van der Waals surface area (Å²) in [5.74, 6) is -0.258. The molecule has 152 valence electrons. The summed E-state index contributed by atoms with van der Waals surface area (Å²) in [7, 11) is 0. The predicted molar refractivity (Wildman–Crippen MR) is 114 cm³/mol. The van der Waals surface area contributed by atoms with E-state index in [1.54, 1.807) is 4.90 Å². The fraction of sp³-hybridized carbons (Fsp3) is 0.286. The Labute approximate surface area is 175 Å². The maximum atomic E-state index is 12.5. The van der Waals surface area contributed by atoms with E-state index >= 15 is 0 Å². The standard InChI is InChI=1S/C21H22N4O3.ClH/c22-20-17-7-6-16(11-15(17)9-10-23-20)25-18(12-24-21(25)28)14-4-1-13(2-5-14)3-8-19(26)27;/h1-2,4-7,11,18H,3,8-10,12H2,(H2,22,23)(H,24,28)(H,26,27);1H. The van der Waals surface area contributed by atoms with Crippen LogP contribution in [0.2, 0.25) is 0 Å². The molecule has 2 aliphatic heterocycles. The number of amidine groups is 1. The molecule has 0 aliphatic carbocycles. The number of hydrogen-bond donors (Lipinski definition) is 3. The molecule has 29 heavy (non-hydrogen) atoms. The SMILES string of the molecule is Cl.NC1=NCCc2cc(N3C(=O)NCC3c3ccc(CCC(=O)O)cc3)ccc21. The van der Waals surface area contributed by atoms with Crippen molar-refractivity contribution in [1.82, 2.24) is 5.32 Å². The highest BCUT2D eigenvalue weighted by atomic mass is 35.5. The Morgan fingerprint density at radius 1 is 1.24 bits per heavy atom. The van der Waals surface area contributed by atoms with E-state index in [9.17, 15) is 9.59 Å². The number of carboxylic acids is 1. The van der Waals surface area contributed by atoms with E-state index in [0.29, 0.717) is 25.3 Å². The van der Waals surface area contributed by atoms with Crippen LogP contribution in [0.1, 0.15) is 34.7 Å². The van der Waals surface area contributed by atoms with Gasteiger partial charge in [0, 0.05) is 30.8 Å². The van der Waals surface area contributed by atoms with Crippen molar-refractivity contribution in [1.29, 1.82) is 0 Å². The van der Waals surface area contributed by atoms with Gasteiger partial charge in [0.2, 0.25) is 0 Å². The van der Waals surface area contributed by atoms with Gasteiger partial charge in [0.05, 0.1) is 6.04 Å². The molecule has 2 heterocycles. The van der Waals surface area contributed by atoms with E-state index in [-0.39, 0.29) is 30.9 Å². The smallest absolute Gasteiger partial charge is 0.322 e. The van der Waals surface area contributed by atoms with E-state index in [1.165, 1.54) is 0 Å². The molecule has 1 atom stereocenters. The molecule has 4 rings (SSSR count). The van der Waals surface area contributed by atoms with Crippen LogP contribution in [0.4, 0.5) is 10.5 Å². The third-order valence-electron chi connectivity index (χ3n) is 5.28. The number of carbonyl (C=O) groups is 2. The fourth-order valence-electron chi connectivity index (χ4n) is 3.79. The summed E-state index contributed by atoms with van der Waals surface area (Å²) in [6.45, 7) is 1.18. The first kappa shape index (κ1) is 20.7. The van der Waals surface area contributed by atoms with Crippen LogP contribution in [0.3, 0.4) is 0 Å². The molecule has 1 saturated heterocycles. The summed E-state index contributed by atoms with van der Waals surface area (Å²) in [5, 5.41) is 11.7. The normalized spacial score (nSPS) is 17.8. The molecule has 0 spiro atoms. The average Bonchev–Trinajstić information content (AvgIpc) is 3.08. The number of benzene rings is 2. The average molecular weight is 415 g/mol. The molecule has 2 aromatic rings. The lowest BCUT2D eigenvalue weighted by Gasteiger charge is -2.25. The number of amides is 2. The zero-order chi connectivity index (χ0) is 19.7. The van der Waals surface area contributed by atoms with Gasteiger partial charge < -0.3 is 16.2 Å². The summed E-state index contributed by atoms with van der Waals surface area (Å²) in [6, 6.07) is 13.4. The van der Waals surface area contributed by atoms with Crippen molar-refractivity contribution in [2.45, 2.75) is 25.3 Å². The molecule has 1 unspecified atom stereocenters. The lowest BCUT2D eigenvalue weighted by Crippen LogP contribution is -2.30. The number of carboxylic acid groups (broad SMARTS) is 1. The minimum absolute atomic E-state index is 0. The van der Waals surface area contributed by atoms with Crippen molar-refractivity contribution in [3.8, 4) is 0 Å². The monoisotopic (exact) mass is 414 g/mol. The zero-order valence-electron chi connectivity index (χ0n) is 15.8. The molecule has 1 fully saturated rings. The highest BCUT2D eigenvalue weighted by molar-refractivity contribution is 6.01. The summed E-state index contributed by atoms with van der Waals surface area (Å²) < 4.78 is 0. The Hall–Kier alpha value is -3.06. The lowest BCUT2D eigenvalue weighted by molar-refractivity contribution is -0.136. The Bertz CT molecular complexity index is 959. The number of aliphatic imine (C=N–C) groups is 1. The van der Waals surface area contributed by atoms with Crippen LogP contribution in [0.15, 0.2) is 47.5 Å². The maximum absolute atomic E-state index is 12.5. The van der Waals surface area contributed by atoms with Crippen LogP contribution >= 0.6 is 12.4 Å². The van der Waals surface area contributed by atoms with E-state index in [1.807, 2.05) is 42.5 Å². The summed E-state index contributed by atoms with van der Waals surface area (Å²) in [4.78, 5) is 29.3. The number of rotatable bonds is 5. The van der Waals surface area contributed by atoms with Gasteiger partial charge in [-0.15, -0.1) is 12.4 Å². The number of halogens is 1. The van der Waals surface area contributed by atoms with Gasteiger partial charge >= 0.3 is 12.0 Å². The largest absolute Gasteiger partial charge is 0.481 e. The van der Waals surface area contributed by atoms with Gasteiger partial charge in [-0.3, -0.25) is 14.7 Å². The molecule has 0 saturated carbocycles. The van der Waals surface area contributed by atoms with Crippen LogP contribution in [0.5, 0.6) is 0 Å². The van der Waals surface area contributed by atoms with Crippen molar-refractivity contribution in [2.24, 2.45) is 10.7 Å². The van der Waals surface area contributed by atoms with Crippen molar-refractivity contribution in [2.75, 3.05) is 18.0 Å². The van der Waals surface area contributed by atoms with E-state index in [4.69, 9.17) is 10.8 Å². The first-order valence-electron chi connectivity index (χ1n) is 9.34. The van der Waals surface area contributed by atoms with Gasteiger partial charge in [0.15, 0.2) is 0 Å². The number of nitrogens with one attached hydrogen (secondary N) is 1. The fourth-order valence-corrected chi connectivity index (χ4v) is 3.79.